The highest BCUT2D eigenvalue weighted by molar-refractivity contribution is 6.23. The van der Waals surface area contributed by atoms with Crippen LogP contribution in [0.5, 0.6) is 0 Å². The first-order valence-corrected chi connectivity index (χ1v) is 25.6. The van der Waals surface area contributed by atoms with Crippen LogP contribution in [-0.4, -0.2) is 25.4 Å². The Morgan fingerprint density at radius 3 is 1.44 bits per heavy atom. The van der Waals surface area contributed by atoms with Gasteiger partial charge in [0.25, 0.3) is 0 Å². The van der Waals surface area contributed by atoms with Crippen LogP contribution in [0.15, 0.2) is 277 Å². The average Bonchev–Trinajstić information content (AvgIpc) is 4.15. The summed E-state index contributed by atoms with van der Waals surface area (Å²) in [4.78, 5) is 11.0. The van der Waals surface area contributed by atoms with Crippen molar-refractivity contribution in [2.24, 2.45) is 9.98 Å². The topological polar surface area (TPSA) is 51.5 Å². The van der Waals surface area contributed by atoms with Crippen molar-refractivity contribution < 1.29 is 0 Å². The average molecular weight is 959 g/mol. The lowest BCUT2D eigenvalue weighted by atomic mass is 9.95. The van der Waals surface area contributed by atoms with Gasteiger partial charge in [-0.1, -0.05) is 182 Å². The lowest BCUT2D eigenvalue weighted by Crippen LogP contribution is -2.34. The van der Waals surface area contributed by atoms with E-state index in [4.69, 9.17) is 9.98 Å². The number of benzene rings is 11. The molecule has 0 bridgehead atoms. The van der Waals surface area contributed by atoms with Crippen LogP contribution in [0, 0.1) is 0 Å². The maximum Gasteiger partial charge on any atom is 0.159 e. The van der Waals surface area contributed by atoms with Gasteiger partial charge in [0, 0.05) is 54.8 Å². The van der Waals surface area contributed by atoms with E-state index in [1.807, 2.05) is 0 Å². The van der Waals surface area contributed by atoms with Gasteiger partial charge in [-0.25, -0.2) is 9.98 Å². The molecule has 0 saturated carbocycles. The third kappa shape index (κ3) is 6.88. The minimum absolute atomic E-state index is 0.403. The molecule has 3 aromatic heterocycles. The van der Waals surface area contributed by atoms with Crippen molar-refractivity contribution in [2.45, 2.75) is 6.17 Å². The van der Waals surface area contributed by atoms with Gasteiger partial charge in [-0.3, -0.25) is 0 Å². The second-order valence-electron chi connectivity index (χ2n) is 19.3. The maximum absolute atomic E-state index is 5.57. The zero-order valence-corrected chi connectivity index (χ0v) is 40.7. The number of amidine groups is 2. The largest absolute Gasteiger partial charge is 0.344 e. The predicted molar refractivity (Wildman–Crippen MR) is 312 cm³/mol. The number of aromatic nitrogens is 3. The summed E-state index contributed by atoms with van der Waals surface area (Å²) in [5, 5.41) is 11.0. The van der Waals surface area contributed by atoms with Gasteiger partial charge in [0.2, 0.25) is 0 Å². The molecule has 0 fully saturated rings. The number of para-hydroxylation sites is 5. The van der Waals surface area contributed by atoms with E-state index in [0.717, 1.165) is 78.2 Å². The molecule has 11 aromatic carbocycles. The van der Waals surface area contributed by atoms with Crippen molar-refractivity contribution in [3.05, 3.63) is 284 Å². The molecule has 4 heterocycles. The van der Waals surface area contributed by atoms with Crippen LogP contribution < -0.4 is 5.32 Å². The summed E-state index contributed by atoms with van der Waals surface area (Å²) in [6.07, 6.45) is -0.403. The van der Waals surface area contributed by atoms with Gasteiger partial charge in [-0.05, 0) is 113 Å². The second kappa shape index (κ2) is 17.3. The molecule has 0 aliphatic carbocycles. The van der Waals surface area contributed by atoms with Gasteiger partial charge in [-0.15, -0.1) is 0 Å². The fourth-order valence-corrected chi connectivity index (χ4v) is 11.8. The molecule has 1 atom stereocenters. The highest BCUT2D eigenvalue weighted by atomic mass is 15.2. The van der Waals surface area contributed by atoms with Crippen LogP contribution in [0.1, 0.15) is 22.9 Å². The molecule has 1 unspecified atom stereocenters. The summed E-state index contributed by atoms with van der Waals surface area (Å²) in [6, 6.07) is 95.9. The Labute approximate surface area is 433 Å². The van der Waals surface area contributed by atoms with Crippen molar-refractivity contribution in [1.82, 2.24) is 19.0 Å². The molecule has 352 valence electrons. The third-order valence-electron chi connectivity index (χ3n) is 15.1. The number of aliphatic imine (C=N–C) groups is 2. The summed E-state index contributed by atoms with van der Waals surface area (Å²) < 4.78 is 7.21. The number of rotatable bonds is 8. The molecule has 1 aliphatic heterocycles. The van der Waals surface area contributed by atoms with Crippen LogP contribution in [0.25, 0.3) is 105 Å². The Hall–Kier alpha value is -10.0. The van der Waals surface area contributed by atoms with Gasteiger partial charge >= 0.3 is 0 Å². The van der Waals surface area contributed by atoms with Crippen molar-refractivity contribution in [3.63, 3.8) is 0 Å². The number of hydrogen-bond acceptors (Lipinski definition) is 3. The van der Waals surface area contributed by atoms with E-state index in [1.54, 1.807) is 0 Å². The van der Waals surface area contributed by atoms with Gasteiger partial charge in [0.05, 0.1) is 38.8 Å². The van der Waals surface area contributed by atoms with Crippen molar-refractivity contribution in [2.75, 3.05) is 0 Å². The van der Waals surface area contributed by atoms with Gasteiger partial charge in [-0.2, -0.15) is 0 Å². The van der Waals surface area contributed by atoms with E-state index < -0.39 is 6.17 Å². The molecular formula is C69H46N6. The molecule has 1 N–H and O–H groups in total. The Morgan fingerprint density at radius 2 is 0.800 bits per heavy atom. The fraction of sp³-hybridized carbons (Fsp3) is 0.0145. The Kier molecular flexibility index (Phi) is 9.85. The number of nitrogens with zero attached hydrogens (tertiary/aromatic N) is 5. The molecule has 0 saturated heterocycles. The molecule has 6 nitrogen and oxygen atoms in total. The molecule has 0 spiro atoms. The van der Waals surface area contributed by atoms with Crippen molar-refractivity contribution in [1.29, 1.82) is 0 Å². The standard InChI is InChI=1S/C69H46N6/c1-5-21-45(22-6-1)47-39-41-56(69-71-67(46-23-7-2-8-24-46)70-68(72-69)48-40-42-61-57(43-48)51-29-13-16-34-58(51)73(61)49-25-9-3-10-26-49)64(44-47)75-60-36-18-15-31-55(60)66-53(33-20-38-63(66)75)52-32-19-37-62-65(52)54-30-14-17-35-59(54)74(62)50-27-11-4-12-28-50/h1-44,67H,(H,70,71,72). The molecule has 0 radical (unpaired) electrons. The quantitative estimate of drug-likeness (QED) is 0.162. The predicted octanol–water partition coefficient (Wildman–Crippen LogP) is 16.8. The monoisotopic (exact) mass is 958 g/mol. The van der Waals surface area contributed by atoms with Crippen LogP contribution in [0.3, 0.4) is 0 Å². The van der Waals surface area contributed by atoms with E-state index in [0.29, 0.717) is 5.84 Å². The Balaban J connectivity index is 0.965. The number of hydrogen-bond donors (Lipinski definition) is 1. The van der Waals surface area contributed by atoms with E-state index in [1.165, 1.54) is 49.1 Å². The SMILES string of the molecule is c1ccc(-c2ccc(C3=NC(c4ccc5c(c4)c4ccccc4n5-c4ccccc4)=NC(c4ccccc4)N3)c(-n3c4ccccc4c4c(-c5cccc6c5c5ccccc5n6-c5ccccc5)cccc43)c2)cc1. The zero-order valence-electron chi connectivity index (χ0n) is 40.7. The first-order chi connectivity index (χ1) is 37.2. The Morgan fingerprint density at radius 1 is 0.320 bits per heavy atom. The van der Waals surface area contributed by atoms with Crippen LogP contribution in [0.2, 0.25) is 0 Å². The molecule has 6 heteroatoms. The highest BCUT2D eigenvalue weighted by Gasteiger charge is 2.27. The summed E-state index contributed by atoms with van der Waals surface area (Å²) in [5.41, 5.74) is 17.7. The van der Waals surface area contributed by atoms with Gasteiger partial charge in [0.1, 0.15) is 12.0 Å². The van der Waals surface area contributed by atoms with E-state index in [-0.39, 0.29) is 0 Å². The van der Waals surface area contributed by atoms with Crippen LogP contribution in [-0.2, 0) is 0 Å². The van der Waals surface area contributed by atoms with Crippen LogP contribution in [0.4, 0.5) is 0 Å². The molecule has 75 heavy (non-hydrogen) atoms. The summed E-state index contributed by atoms with van der Waals surface area (Å²) in [7, 11) is 0. The summed E-state index contributed by atoms with van der Waals surface area (Å²) in [6.45, 7) is 0. The maximum atomic E-state index is 5.57. The smallest absolute Gasteiger partial charge is 0.159 e. The molecule has 14 aromatic rings. The summed E-state index contributed by atoms with van der Waals surface area (Å²) >= 11 is 0. The minimum Gasteiger partial charge on any atom is -0.344 e. The number of fused-ring (bicyclic) bond motifs is 9. The van der Waals surface area contributed by atoms with Gasteiger partial charge in [0.15, 0.2) is 5.84 Å². The lowest BCUT2D eigenvalue weighted by molar-refractivity contribution is 0.674. The summed E-state index contributed by atoms with van der Waals surface area (Å²) in [5.74, 6) is 1.41. The minimum atomic E-state index is -0.403. The lowest BCUT2D eigenvalue weighted by Gasteiger charge is -2.25. The highest BCUT2D eigenvalue weighted by Crippen LogP contribution is 2.45. The normalized spacial score (nSPS) is 13.7. The van der Waals surface area contributed by atoms with Crippen LogP contribution >= 0.6 is 0 Å². The Bertz CT molecular complexity index is 4600. The number of nitrogens with one attached hydrogen (secondary N) is 1. The van der Waals surface area contributed by atoms with Crippen molar-refractivity contribution >= 4 is 77.1 Å². The van der Waals surface area contributed by atoms with E-state index in [2.05, 4.69) is 286 Å². The molecule has 0 amide bonds. The zero-order chi connectivity index (χ0) is 49.4. The molecular weight excluding hydrogens is 913 g/mol. The third-order valence-corrected chi connectivity index (χ3v) is 15.1. The van der Waals surface area contributed by atoms with E-state index >= 15 is 0 Å². The first kappa shape index (κ1) is 42.6. The fourth-order valence-electron chi connectivity index (χ4n) is 11.8. The molecule has 1 aliphatic rings. The second-order valence-corrected chi connectivity index (χ2v) is 19.3. The van der Waals surface area contributed by atoms with Crippen molar-refractivity contribution in [3.8, 4) is 39.3 Å². The van der Waals surface area contributed by atoms with Gasteiger partial charge < -0.3 is 19.0 Å². The van der Waals surface area contributed by atoms with E-state index in [9.17, 15) is 0 Å². The molecule has 15 rings (SSSR count). The first-order valence-electron chi connectivity index (χ1n) is 25.6.